The Bertz CT molecular complexity index is 1260. The summed E-state index contributed by atoms with van der Waals surface area (Å²) in [6.45, 7) is 2.57. The molecule has 1 aliphatic rings. The average Bonchev–Trinajstić information content (AvgIpc) is 2.75. The maximum atomic E-state index is 13.1. The van der Waals surface area contributed by atoms with E-state index in [2.05, 4.69) is 5.32 Å². The van der Waals surface area contributed by atoms with E-state index in [1.165, 1.54) is 10.4 Å². The van der Waals surface area contributed by atoms with E-state index in [4.69, 9.17) is 23.2 Å². The lowest BCUT2D eigenvalue weighted by molar-refractivity contribution is 0.102. The summed E-state index contributed by atoms with van der Waals surface area (Å²) in [5, 5.41) is 3.53. The number of carbonyl (C=O) groups is 1. The number of halogens is 2. The minimum Gasteiger partial charge on any atom is -0.322 e. The number of nitrogens with one attached hydrogen (secondary N) is 1. The van der Waals surface area contributed by atoms with E-state index in [9.17, 15) is 13.2 Å². The molecule has 4 rings (SSSR count). The van der Waals surface area contributed by atoms with Crippen LogP contribution in [-0.4, -0.2) is 25.2 Å². The number of fused-ring (bicyclic) bond motifs is 1. The molecule has 0 radical (unpaired) electrons. The van der Waals surface area contributed by atoms with Gasteiger partial charge in [-0.2, -0.15) is 4.31 Å². The molecule has 1 amide bonds. The molecule has 160 valence electrons. The van der Waals surface area contributed by atoms with E-state index in [0.29, 0.717) is 28.7 Å². The number of hydrogen-bond donors (Lipinski definition) is 1. The van der Waals surface area contributed by atoms with Crippen molar-refractivity contribution >= 4 is 44.8 Å². The first kappa shape index (κ1) is 21.8. The zero-order valence-electron chi connectivity index (χ0n) is 16.7. The smallest absolute Gasteiger partial charge is 0.257 e. The fourth-order valence-electron chi connectivity index (χ4n) is 3.54. The van der Waals surface area contributed by atoms with Gasteiger partial charge in [-0.25, -0.2) is 8.42 Å². The Morgan fingerprint density at radius 1 is 0.968 bits per heavy atom. The second-order valence-electron chi connectivity index (χ2n) is 7.46. The van der Waals surface area contributed by atoms with E-state index in [-0.39, 0.29) is 22.9 Å². The lowest BCUT2D eigenvalue weighted by Crippen LogP contribution is -2.36. The second kappa shape index (κ2) is 8.63. The zero-order valence-corrected chi connectivity index (χ0v) is 19.1. The fraction of sp³-hybridized carbons (Fsp3) is 0.174. The van der Waals surface area contributed by atoms with Crippen LogP contribution in [0.25, 0.3) is 0 Å². The Hall–Kier alpha value is -2.38. The molecule has 5 nitrogen and oxygen atoms in total. The van der Waals surface area contributed by atoms with Crippen molar-refractivity contribution in [3.63, 3.8) is 0 Å². The lowest BCUT2D eigenvalue weighted by Gasteiger charge is -2.28. The van der Waals surface area contributed by atoms with Gasteiger partial charge < -0.3 is 5.32 Å². The number of anilines is 1. The minimum absolute atomic E-state index is 0.243. The number of aryl methyl sites for hydroxylation is 1. The van der Waals surface area contributed by atoms with Crippen molar-refractivity contribution in [2.45, 2.75) is 24.8 Å². The molecular weight excluding hydrogens is 455 g/mol. The highest BCUT2D eigenvalue weighted by atomic mass is 35.5. The first-order valence-corrected chi connectivity index (χ1v) is 11.9. The first-order chi connectivity index (χ1) is 14.7. The predicted molar refractivity (Wildman–Crippen MR) is 123 cm³/mol. The number of rotatable bonds is 4. The van der Waals surface area contributed by atoms with Gasteiger partial charge >= 0.3 is 0 Å². The van der Waals surface area contributed by atoms with Gasteiger partial charge in [-0.15, -0.1) is 0 Å². The maximum Gasteiger partial charge on any atom is 0.257 e. The Balaban J connectivity index is 1.56. The number of sulfonamides is 1. The van der Waals surface area contributed by atoms with E-state index < -0.39 is 10.0 Å². The highest BCUT2D eigenvalue weighted by Crippen LogP contribution is 2.28. The van der Waals surface area contributed by atoms with Crippen LogP contribution >= 0.6 is 23.2 Å². The summed E-state index contributed by atoms with van der Waals surface area (Å²) in [6.07, 6.45) is 0.606. The quantitative estimate of drug-likeness (QED) is 0.557. The standard InChI is InChI=1S/C23H20Cl2N2O3S/c1-15-2-7-20(8-3-15)31(29,30)27-11-10-16-4-6-19(12-17(16)14-27)26-23(28)21-13-18(24)5-9-22(21)25/h2-9,12-13H,10-11,14H2,1H3,(H,26,28). The van der Waals surface area contributed by atoms with Gasteiger partial charge in [-0.3, -0.25) is 4.79 Å². The highest BCUT2D eigenvalue weighted by molar-refractivity contribution is 7.89. The Morgan fingerprint density at radius 2 is 1.71 bits per heavy atom. The lowest BCUT2D eigenvalue weighted by atomic mass is 10.0. The molecule has 0 unspecified atom stereocenters. The van der Waals surface area contributed by atoms with E-state index in [0.717, 1.165) is 16.7 Å². The topological polar surface area (TPSA) is 66.5 Å². The minimum atomic E-state index is -3.60. The molecule has 1 heterocycles. The molecule has 0 saturated heterocycles. The van der Waals surface area contributed by atoms with Crippen molar-refractivity contribution in [3.8, 4) is 0 Å². The Labute approximate surface area is 191 Å². The number of nitrogens with zero attached hydrogens (tertiary/aromatic N) is 1. The monoisotopic (exact) mass is 474 g/mol. The summed E-state index contributed by atoms with van der Waals surface area (Å²) >= 11 is 12.1. The molecule has 1 N–H and O–H groups in total. The Morgan fingerprint density at radius 3 is 2.45 bits per heavy atom. The van der Waals surface area contributed by atoms with Crippen LogP contribution < -0.4 is 5.32 Å². The van der Waals surface area contributed by atoms with Crippen LogP contribution in [0, 0.1) is 6.92 Å². The van der Waals surface area contributed by atoms with Crippen molar-refractivity contribution in [2.24, 2.45) is 0 Å². The van der Waals surface area contributed by atoms with Gasteiger partial charge in [-0.05, 0) is 66.9 Å². The second-order valence-corrected chi connectivity index (χ2v) is 10.2. The number of benzene rings is 3. The molecule has 0 atom stereocenters. The molecule has 3 aromatic carbocycles. The summed E-state index contributed by atoms with van der Waals surface area (Å²) < 4.78 is 27.6. The molecule has 0 aromatic heterocycles. The summed E-state index contributed by atoms with van der Waals surface area (Å²) in [5.74, 6) is -0.382. The Kier molecular flexibility index (Phi) is 6.08. The normalized spacial score (nSPS) is 14.2. The van der Waals surface area contributed by atoms with Crippen LogP contribution in [0.3, 0.4) is 0 Å². The predicted octanol–water partition coefficient (Wildman–Crippen LogP) is 5.30. The number of amides is 1. The summed E-state index contributed by atoms with van der Waals surface area (Å²) in [7, 11) is -3.60. The van der Waals surface area contributed by atoms with Crippen LogP contribution in [0.15, 0.2) is 65.6 Å². The maximum absolute atomic E-state index is 13.1. The van der Waals surface area contributed by atoms with Crippen LogP contribution in [0.5, 0.6) is 0 Å². The van der Waals surface area contributed by atoms with Crippen LogP contribution in [0.4, 0.5) is 5.69 Å². The average molecular weight is 475 g/mol. The third kappa shape index (κ3) is 4.62. The van der Waals surface area contributed by atoms with Crippen LogP contribution in [0.1, 0.15) is 27.0 Å². The fourth-order valence-corrected chi connectivity index (χ4v) is 5.34. The van der Waals surface area contributed by atoms with Gasteiger partial charge in [0.2, 0.25) is 10.0 Å². The third-order valence-electron chi connectivity index (χ3n) is 5.27. The van der Waals surface area contributed by atoms with Crippen molar-refractivity contribution in [3.05, 3.63) is 93.0 Å². The molecule has 8 heteroatoms. The molecule has 31 heavy (non-hydrogen) atoms. The van der Waals surface area contributed by atoms with E-state index in [1.54, 1.807) is 42.5 Å². The van der Waals surface area contributed by atoms with Gasteiger partial charge in [-0.1, -0.05) is 47.0 Å². The number of hydrogen-bond acceptors (Lipinski definition) is 3. The van der Waals surface area contributed by atoms with Gasteiger partial charge in [0.05, 0.1) is 15.5 Å². The molecule has 1 aliphatic heterocycles. The first-order valence-electron chi connectivity index (χ1n) is 9.69. The molecule has 0 bridgehead atoms. The van der Waals surface area contributed by atoms with E-state index >= 15 is 0 Å². The molecule has 3 aromatic rings. The van der Waals surface area contributed by atoms with Crippen molar-refractivity contribution < 1.29 is 13.2 Å². The summed E-state index contributed by atoms with van der Waals surface area (Å²) in [6, 6.07) is 17.1. The molecular formula is C23H20Cl2N2O3S. The third-order valence-corrected chi connectivity index (χ3v) is 7.70. The largest absolute Gasteiger partial charge is 0.322 e. The molecule has 0 saturated carbocycles. The molecule has 0 aliphatic carbocycles. The van der Waals surface area contributed by atoms with Crippen LogP contribution in [0.2, 0.25) is 10.0 Å². The van der Waals surface area contributed by atoms with Crippen LogP contribution in [-0.2, 0) is 23.0 Å². The summed E-state index contributed by atoms with van der Waals surface area (Å²) in [4.78, 5) is 12.9. The van der Waals surface area contributed by atoms with Crippen molar-refractivity contribution in [1.82, 2.24) is 4.31 Å². The summed E-state index contributed by atoms with van der Waals surface area (Å²) in [5.41, 5.74) is 3.76. The molecule has 0 spiro atoms. The number of carbonyl (C=O) groups excluding carboxylic acids is 1. The highest BCUT2D eigenvalue weighted by Gasteiger charge is 2.28. The SMILES string of the molecule is Cc1ccc(S(=O)(=O)N2CCc3ccc(NC(=O)c4cc(Cl)ccc4Cl)cc3C2)cc1. The van der Waals surface area contributed by atoms with Crippen molar-refractivity contribution in [1.29, 1.82) is 0 Å². The van der Waals surface area contributed by atoms with Gasteiger partial charge in [0.25, 0.3) is 5.91 Å². The van der Waals surface area contributed by atoms with Crippen molar-refractivity contribution in [2.75, 3.05) is 11.9 Å². The van der Waals surface area contributed by atoms with Gasteiger partial charge in [0, 0.05) is 23.8 Å². The van der Waals surface area contributed by atoms with E-state index in [1.807, 2.05) is 19.1 Å². The zero-order chi connectivity index (χ0) is 22.2. The van der Waals surface area contributed by atoms with Gasteiger partial charge in [0.1, 0.15) is 0 Å². The molecule has 0 fully saturated rings. The van der Waals surface area contributed by atoms with Gasteiger partial charge in [0.15, 0.2) is 0 Å².